The predicted octanol–water partition coefficient (Wildman–Crippen LogP) is 3.44. The van der Waals surface area contributed by atoms with Crippen LogP contribution in [0.1, 0.15) is 30.1 Å². The number of rotatable bonds is 6. The zero-order valence-electron chi connectivity index (χ0n) is 18.2. The molecule has 1 fully saturated rings. The molecule has 166 valence electrons. The van der Waals surface area contributed by atoms with Crippen LogP contribution >= 0.6 is 0 Å². The zero-order valence-corrected chi connectivity index (χ0v) is 18.2. The maximum atomic E-state index is 12.6. The van der Waals surface area contributed by atoms with Crippen LogP contribution in [0.3, 0.4) is 0 Å². The monoisotopic (exact) mass is 433 g/mol. The number of nitrogens with zero attached hydrogens (tertiary/aromatic N) is 2. The summed E-state index contributed by atoms with van der Waals surface area (Å²) < 4.78 is 5.21. The summed E-state index contributed by atoms with van der Waals surface area (Å²) in [7, 11) is 1.65. The van der Waals surface area contributed by atoms with Crippen molar-refractivity contribution in [2.45, 2.75) is 25.8 Å². The molecule has 8 heteroatoms. The Kier molecular flexibility index (Phi) is 6.39. The Morgan fingerprint density at radius 2 is 1.75 bits per heavy atom. The number of methoxy groups -OCH3 is 1. The molecule has 8 nitrogen and oxygen atoms in total. The molecule has 4 rings (SSSR count). The van der Waals surface area contributed by atoms with Gasteiger partial charge in [-0.25, -0.2) is 0 Å². The third kappa shape index (κ3) is 5.08. The van der Waals surface area contributed by atoms with Gasteiger partial charge in [-0.2, -0.15) is 5.10 Å². The van der Waals surface area contributed by atoms with E-state index in [1.807, 2.05) is 24.3 Å². The highest BCUT2D eigenvalue weighted by Gasteiger charge is 2.23. The van der Waals surface area contributed by atoms with Crippen molar-refractivity contribution < 1.29 is 14.3 Å². The van der Waals surface area contributed by atoms with Gasteiger partial charge in [-0.3, -0.25) is 14.7 Å². The summed E-state index contributed by atoms with van der Waals surface area (Å²) in [5.74, 6) is 1.50. The molecular weight excluding hydrogens is 406 g/mol. The molecule has 2 aromatic carbocycles. The highest BCUT2D eigenvalue weighted by atomic mass is 16.5. The van der Waals surface area contributed by atoms with E-state index in [9.17, 15) is 9.59 Å². The molecule has 0 saturated carbocycles. The maximum Gasteiger partial charge on any atom is 0.251 e. The first kappa shape index (κ1) is 21.4. The minimum Gasteiger partial charge on any atom is -0.497 e. The molecule has 0 spiro atoms. The first-order valence-electron chi connectivity index (χ1n) is 10.6. The molecule has 1 aliphatic heterocycles. The molecule has 3 N–H and O–H groups in total. The number of hydrogen-bond acceptors (Lipinski definition) is 5. The van der Waals surface area contributed by atoms with Crippen molar-refractivity contribution in [2.24, 2.45) is 0 Å². The normalized spacial score (nSPS) is 14.1. The fraction of sp³-hybridized carbons (Fsp3) is 0.292. The Bertz CT molecular complexity index is 1070. The van der Waals surface area contributed by atoms with Crippen LogP contribution in [0.5, 0.6) is 5.75 Å². The highest BCUT2D eigenvalue weighted by molar-refractivity contribution is 5.95. The minimum atomic E-state index is -0.137. The number of carbonyl (C=O) groups excluding carboxylic acids is 2. The maximum absolute atomic E-state index is 12.6. The lowest BCUT2D eigenvalue weighted by molar-refractivity contribution is -0.114. The van der Waals surface area contributed by atoms with E-state index < -0.39 is 0 Å². The quantitative estimate of drug-likeness (QED) is 0.553. The van der Waals surface area contributed by atoms with Crippen LogP contribution in [0.15, 0.2) is 54.6 Å². The van der Waals surface area contributed by atoms with Gasteiger partial charge in [0.05, 0.1) is 12.8 Å². The van der Waals surface area contributed by atoms with Gasteiger partial charge in [0.25, 0.3) is 5.91 Å². The molecule has 3 aromatic rings. The van der Waals surface area contributed by atoms with E-state index in [0.29, 0.717) is 11.3 Å². The van der Waals surface area contributed by atoms with Crippen molar-refractivity contribution in [3.8, 4) is 17.0 Å². The molecule has 0 bridgehead atoms. The number of H-pyrrole nitrogens is 1. The standard InChI is InChI=1S/C24H27N5O3/c1-16(30)25-19-7-3-18(4-8-19)24(31)26-20-11-13-29(14-12-20)23-15-22(27-28-23)17-5-9-21(32-2)10-6-17/h3-10,15,20H,11-14H2,1-2H3,(H,25,30)(H,26,31)(H,27,28). The number of hydrogen-bond donors (Lipinski definition) is 3. The fourth-order valence-electron chi connectivity index (χ4n) is 3.82. The fourth-order valence-corrected chi connectivity index (χ4v) is 3.82. The molecule has 0 atom stereocenters. The third-order valence-electron chi connectivity index (χ3n) is 5.59. The van der Waals surface area contributed by atoms with Crippen molar-refractivity contribution in [3.63, 3.8) is 0 Å². The lowest BCUT2D eigenvalue weighted by Gasteiger charge is -2.32. The van der Waals surface area contributed by atoms with Crippen molar-refractivity contribution in [1.29, 1.82) is 0 Å². The van der Waals surface area contributed by atoms with E-state index in [-0.39, 0.29) is 17.9 Å². The summed E-state index contributed by atoms with van der Waals surface area (Å²) in [4.78, 5) is 25.9. The van der Waals surface area contributed by atoms with Gasteiger partial charge >= 0.3 is 0 Å². The lowest BCUT2D eigenvalue weighted by atomic mass is 10.0. The molecule has 1 aromatic heterocycles. The number of piperidine rings is 1. The molecule has 0 unspecified atom stereocenters. The molecular formula is C24H27N5O3. The van der Waals surface area contributed by atoms with Crippen LogP contribution in [0, 0.1) is 0 Å². The number of aromatic amines is 1. The lowest BCUT2D eigenvalue weighted by Crippen LogP contribution is -2.44. The Morgan fingerprint density at radius 3 is 2.38 bits per heavy atom. The van der Waals surface area contributed by atoms with Crippen LogP contribution in [0.2, 0.25) is 0 Å². The smallest absolute Gasteiger partial charge is 0.251 e. The molecule has 2 amide bonds. The second-order valence-electron chi connectivity index (χ2n) is 7.86. The van der Waals surface area contributed by atoms with Crippen molar-refractivity contribution in [3.05, 3.63) is 60.2 Å². The second kappa shape index (κ2) is 9.55. The number of benzene rings is 2. The number of nitrogens with one attached hydrogen (secondary N) is 3. The Balaban J connectivity index is 1.30. The molecule has 0 radical (unpaired) electrons. The molecule has 32 heavy (non-hydrogen) atoms. The summed E-state index contributed by atoms with van der Waals surface area (Å²) in [5.41, 5.74) is 3.27. The summed E-state index contributed by atoms with van der Waals surface area (Å²) in [5, 5.41) is 13.4. The van der Waals surface area contributed by atoms with Crippen molar-refractivity contribution >= 4 is 23.3 Å². The van der Waals surface area contributed by atoms with Gasteiger partial charge in [0.2, 0.25) is 5.91 Å². The summed E-state index contributed by atoms with van der Waals surface area (Å²) in [6, 6.07) is 16.9. The van der Waals surface area contributed by atoms with Gasteiger partial charge in [0, 0.05) is 43.4 Å². The van der Waals surface area contributed by atoms with E-state index in [4.69, 9.17) is 4.74 Å². The Labute approximate surface area is 187 Å². The largest absolute Gasteiger partial charge is 0.497 e. The van der Waals surface area contributed by atoms with E-state index in [2.05, 4.69) is 31.8 Å². The molecule has 1 saturated heterocycles. The average Bonchev–Trinajstić information content (AvgIpc) is 3.30. The van der Waals surface area contributed by atoms with Crippen LogP contribution < -0.4 is 20.3 Å². The van der Waals surface area contributed by atoms with Gasteiger partial charge in [0.15, 0.2) is 5.82 Å². The molecule has 0 aliphatic carbocycles. The summed E-state index contributed by atoms with van der Waals surface area (Å²) in [6.45, 7) is 3.09. The van der Waals surface area contributed by atoms with E-state index in [0.717, 1.165) is 48.8 Å². The van der Waals surface area contributed by atoms with Gasteiger partial charge < -0.3 is 20.3 Å². The van der Waals surface area contributed by atoms with E-state index in [1.54, 1.807) is 31.4 Å². The minimum absolute atomic E-state index is 0.0978. The summed E-state index contributed by atoms with van der Waals surface area (Å²) in [6.07, 6.45) is 1.70. The van der Waals surface area contributed by atoms with E-state index in [1.165, 1.54) is 6.92 Å². The number of amides is 2. The topological polar surface area (TPSA) is 99.3 Å². The molecule has 2 heterocycles. The average molecular weight is 434 g/mol. The zero-order chi connectivity index (χ0) is 22.5. The first-order valence-corrected chi connectivity index (χ1v) is 10.6. The van der Waals surface area contributed by atoms with Crippen LogP contribution in [-0.2, 0) is 4.79 Å². The number of aromatic nitrogens is 2. The molecule has 1 aliphatic rings. The van der Waals surface area contributed by atoms with Crippen LogP contribution in [0.4, 0.5) is 11.5 Å². The van der Waals surface area contributed by atoms with Crippen LogP contribution in [-0.4, -0.2) is 48.3 Å². The van der Waals surface area contributed by atoms with Crippen molar-refractivity contribution in [2.75, 3.05) is 30.4 Å². The third-order valence-corrected chi connectivity index (χ3v) is 5.59. The Morgan fingerprint density at radius 1 is 1.06 bits per heavy atom. The van der Waals surface area contributed by atoms with Gasteiger partial charge in [0.1, 0.15) is 5.75 Å². The SMILES string of the molecule is COc1ccc(-c2cc(N3CCC(NC(=O)c4ccc(NC(C)=O)cc4)CC3)n[nH]2)cc1. The number of ether oxygens (including phenoxy) is 1. The van der Waals surface area contributed by atoms with Gasteiger partial charge in [-0.05, 0) is 66.9 Å². The Hall–Kier alpha value is -3.81. The van der Waals surface area contributed by atoms with Crippen molar-refractivity contribution in [1.82, 2.24) is 15.5 Å². The van der Waals surface area contributed by atoms with Crippen LogP contribution in [0.25, 0.3) is 11.3 Å². The number of carbonyl (C=O) groups is 2. The predicted molar refractivity (Wildman–Crippen MR) is 124 cm³/mol. The van der Waals surface area contributed by atoms with Gasteiger partial charge in [-0.15, -0.1) is 0 Å². The number of anilines is 2. The second-order valence-corrected chi connectivity index (χ2v) is 7.86. The van der Waals surface area contributed by atoms with E-state index >= 15 is 0 Å². The first-order chi connectivity index (χ1) is 15.5. The highest BCUT2D eigenvalue weighted by Crippen LogP contribution is 2.25. The summed E-state index contributed by atoms with van der Waals surface area (Å²) >= 11 is 0. The van der Waals surface area contributed by atoms with Gasteiger partial charge in [-0.1, -0.05) is 0 Å².